The predicted octanol–water partition coefficient (Wildman–Crippen LogP) is 11.8. The summed E-state index contributed by atoms with van der Waals surface area (Å²) in [4.78, 5) is 9.09. The minimum Gasteiger partial charge on any atom is -0.265 e. The fraction of sp³-hybridized carbons (Fsp3) is 0.0667. The van der Waals surface area contributed by atoms with Gasteiger partial charge in [0.15, 0.2) is 0 Å². The number of pyridine rings is 2. The second kappa shape index (κ2) is 10.6. The summed E-state index contributed by atoms with van der Waals surface area (Å²) in [5.41, 5.74) is 14.6. The number of hydrogen-bond donors (Lipinski definition) is 0. The van der Waals surface area contributed by atoms with Crippen molar-refractivity contribution in [1.29, 1.82) is 0 Å². The fourth-order valence-electron chi connectivity index (χ4n) is 7.70. The highest BCUT2D eigenvalue weighted by atomic mass is 14.7. The van der Waals surface area contributed by atoms with Crippen LogP contribution in [0.15, 0.2) is 158 Å². The largest absolute Gasteiger partial charge is 0.265 e. The topological polar surface area (TPSA) is 25.8 Å². The highest BCUT2D eigenvalue weighted by molar-refractivity contribution is 6.22. The molecule has 2 heteroatoms. The summed E-state index contributed by atoms with van der Waals surface area (Å²) in [6.45, 7) is 4.71. The van der Waals surface area contributed by atoms with Crippen LogP contribution in [-0.2, 0) is 5.41 Å². The lowest BCUT2D eigenvalue weighted by Gasteiger charge is -2.23. The third-order valence-corrected chi connectivity index (χ3v) is 10.0. The molecule has 1 aliphatic rings. The second-order valence-electron chi connectivity index (χ2n) is 13.0. The van der Waals surface area contributed by atoms with Gasteiger partial charge in [0, 0.05) is 35.1 Å². The van der Waals surface area contributed by atoms with E-state index in [0.717, 1.165) is 22.4 Å². The molecule has 0 saturated heterocycles. The van der Waals surface area contributed by atoms with E-state index in [9.17, 15) is 0 Å². The molecule has 1 aliphatic carbocycles. The van der Waals surface area contributed by atoms with Gasteiger partial charge in [-0.05, 0) is 102 Å². The lowest BCUT2D eigenvalue weighted by atomic mass is 9.80. The minimum atomic E-state index is -0.0706. The van der Waals surface area contributed by atoms with Crippen LogP contribution < -0.4 is 0 Å². The van der Waals surface area contributed by atoms with Crippen molar-refractivity contribution in [3.63, 3.8) is 0 Å². The van der Waals surface area contributed by atoms with Crippen LogP contribution in [0.1, 0.15) is 25.0 Å². The highest BCUT2D eigenvalue weighted by Crippen LogP contribution is 2.51. The maximum absolute atomic E-state index is 4.93. The molecule has 0 amide bonds. The zero-order valence-corrected chi connectivity index (χ0v) is 26.4. The molecule has 0 radical (unpaired) electrons. The van der Waals surface area contributed by atoms with Crippen molar-refractivity contribution >= 4 is 21.5 Å². The molecule has 8 aromatic rings. The lowest BCUT2D eigenvalue weighted by molar-refractivity contribution is 0.660. The molecule has 6 aromatic carbocycles. The SMILES string of the molecule is CC1(C)c2ccccc2-c2ccc(-c3c4ccccc4c(-c4ccccc4)c4cc(-c5ccc(-c6ccncc6)cn5)ccc34)cc21. The summed E-state index contributed by atoms with van der Waals surface area (Å²) >= 11 is 0. The average Bonchev–Trinajstić information content (AvgIpc) is 3.36. The normalized spacial score (nSPS) is 13.1. The molecule has 0 bridgehead atoms. The molecule has 0 atom stereocenters. The van der Waals surface area contributed by atoms with Crippen LogP contribution in [0, 0.1) is 0 Å². The molecule has 2 aromatic heterocycles. The quantitative estimate of drug-likeness (QED) is 0.188. The molecule has 0 N–H and O–H groups in total. The van der Waals surface area contributed by atoms with Crippen LogP contribution in [0.25, 0.3) is 77.3 Å². The summed E-state index contributed by atoms with van der Waals surface area (Å²) < 4.78 is 0. The number of nitrogens with zero attached hydrogens (tertiary/aromatic N) is 2. The van der Waals surface area contributed by atoms with Crippen molar-refractivity contribution in [1.82, 2.24) is 9.97 Å². The van der Waals surface area contributed by atoms with Crippen molar-refractivity contribution in [3.05, 3.63) is 169 Å². The van der Waals surface area contributed by atoms with Gasteiger partial charge in [-0.3, -0.25) is 9.97 Å². The van der Waals surface area contributed by atoms with Crippen LogP contribution in [-0.4, -0.2) is 9.97 Å². The molecule has 0 unspecified atom stereocenters. The van der Waals surface area contributed by atoms with Crippen LogP contribution in [0.5, 0.6) is 0 Å². The zero-order chi connectivity index (χ0) is 31.5. The van der Waals surface area contributed by atoms with Gasteiger partial charge < -0.3 is 0 Å². The number of hydrogen-bond acceptors (Lipinski definition) is 2. The second-order valence-corrected chi connectivity index (χ2v) is 13.0. The smallest absolute Gasteiger partial charge is 0.0702 e. The average molecular weight is 601 g/mol. The van der Waals surface area contributed by atoms with E-state index in [1.165, 1.54) is 66.1 Å². The van der Waals surface area contributed by atoms with Gasteiger partial charge in [-0.2, -0.15) is 0 Å². The molecule has 0 saturated carbocycles. The Balaban J connectivity index is 1.29. The van der Waals surface area contributed by atoms with Gasteiger partial charge >= 0.3 is 0 Å². The first-order valence-corrected chi connectivity index (χ1v) is 16.2. The number of fused-ring (bicyclic) bond motifs is 5. The van der Waals surface area contributed by atoms with E-state index in [4.69, 9.17) is 4.98 Å². The van der Waals surface area contributed by atoms with Gasteiger partial charge in [-0.15, -0.1) is 0 Å². The molecule has 9 rings (SSSR count). The van der Waals surface area contributed by atoms with Gasteiger partial charge in [-0.1, -0.05) is 123 Å². The zero-order valence-electron chi connectivity index (χ0n) is 26.4. The van der Waals surface area contributed by atoms with E-state index in [0.29, 0.717) is 0 Å². The monoisotopic (exact) mass is 600 g/mol. The van der Waals surface area contributed by atoms with Crippen molar-refractivity contribution < 1.29 is 0 Å². The van der Waals surface area contributed by atoms with E-state index in [1.807, 2.05) is 30.7 Å². The Morgan fingerprint density at radius 2 is 1.06 bits per heavy atom. The van der Waals surface area contributed by atoms with Crippen LogP contribution >= 0.6 is 0 Å². The van der Waals surface area contributed by atoms with Crippen molar-refractivity contribution in [2.75, 3.05) is 0 Å². The predicted molar refractivity (Wildman–Crippen MR) is 196 cm³/mol. The standard InChI is InChI=1S/C45H32N2/c1-45(2)40-15-9-8-12-34(40)35-19-17-32(27-41(35)45)44-37-14-7-6-13-36(37)43(30-10-4-3-5-11-30)39-26-31(16-20-38(39)44)42-21-18-33(28-47-42)29-22-24-46-25-23-29/h3-28H,1-2H3. The van der Waals surface area contributed by atoms with Crippen LogP contribution in [0.3, 0.4) is 0 Å². The van der Waals surface area contributed by atoms with E-state index in [-0.39, 0.29) is 5.41 Å². The van der Waals surface area contributed by atoms with Gasteiger partial charge in [0.2, 0.25) is 0 Å². The van der Waals surface area contributed by atoms with Crippen molar-refractivity contribution in [2.45, 2.75) is 19.3 Å². The van der Waals surface area contributed by atoms with Crippen molar-refractivity contribution in [3.8, 4) is 55.8 Å². The summed E-state index contributed by atoms with van der Waals surface area (Å²) in [6, 6.07) is 50.9. The Bertz CT molecular complexity index is 2460. The summed E-state index contributed by atoms with van der Waals surface area (Å²) in [7, 11) is 0. The van der Waals surface area contributed by atoms with Gasteiger partial charge in [0.05, 0.1) is 5.69 Å². The Hall–Kier alpha value is -5.86. The van der Waals surface area contributed by atoms with Crippen LogP contribution in [0.2, 0.25) is 0 Å². The molecule has 0 spiro atoms. The highest BCUT2D eigenvalue weighted by Gasteiger charge is 2.35. The molecule has 47 heavy (non-hydrogen) atoms. The van der Waals surface area contributed by atoms with E-state index < -0.39 is 0 Å². The molecule has 0 aliphatic heterocycles. The number of rotatable bonds is 4. The molecular weight excluding hydrogens is 569 g/mol. The van der Waals surface area contributed by atoms with Crippen LogP contribution in [0.4, 0.5) is 0 Å². The summed E-state index contributed by atoms with van der Waals surface area (Å²) in [5, 5.41) is 4.99. The first-order chi connectivity index (χ1) is 23.1. The molecule has 0 fully saturated rings. The maximum Gasteiger partial charge on any atom is 0.0702 e. The van der Waals surface area contributed by atoms with Crippen molar-refractivity contribution in [2.24, 2.45) is 0 Å². The van der Waals surface area contributed by atoms with Gasteiger partial charge in [0.1, 0.15) is 0 Å². The summed E-state index contributed by atoms with van der Waals surface area (Å²) in [5.74, 6) is 0. The third-order valence-electron chi connectivity index (χ3n) is 10.0. The Kier molecular flexibility index (Phi) is 6.20. The first kappa shape index (κ1) is 27.5. The molecular formula is C45H32N2. The van der Waals surface area contributed by atoms with Gasteiger partial charge in [0.25, 0.3) is 0 Å². The van der Waals surface area contributed by atoms with E-state index in [2.05, 4.69) is 146 Å². The summed E-state index contributed by atoms with van der Waals surface area (Å²) in [6.07, 6.45) is 5.60. The Labute approximate surface area is 275 Å². The lowest BCUT2D eigenvalue weighted by Crippen LogP contribution is -2.14. The third kappa shape index (κ3) is 4.33. The Morgan fingerprint density at radius 1 is 0.426 bits per heavy atom. The first-order valence-electron chi connectivity index (χ1n) is 16.2. The van der Waals surface area contributed by atoms with E-state index >= 15 is 0 Å². The molecule has 222 valence electrons. The Morgan fingerprint density at radius 3 is 1.83 bits per heavy atom. The number of benzene rings is 6. The maximum atomic E-state index is 4.93. The molecule has 2 heterocycles. The molecule has 2 nitrogen and oxygen atoms in total. The van der Waals surface area contributed by atoms with Gasteiger partial charge in [-0.25, -0.2) is 0 Å². The fourth-order valence-corrected chi connectivity index (χ4v) is 7.70. The number of aromatic nitrogens is 2. The minimum absolute atomic E-state index is 0.0706. The van der Waals surface area contributed by atoms with E-state index in [1.54, 1.807) is 0 Å².